The zero-order chi connectivity index (χ0) is 71.3. The molecule has 20 aromatic rings. The molecule has 0 spiro atoms. The summed E-state index contributed by atoms with van der Waals surface area (Å²) >= 11 is 0. The quantitative estimate of drug-likeness (QED) is 0.143. The van der Waals surface area contributed by atoms with E-state index in [0.29, 0.717) is 5.92 Å². The fraction of sp³-hybridized carbons (Fsp3) is 0.0857. The number of hydrogen-bond donors (Lipinski definition) is 0. The minimum atomic E-state index is -0.277. The molecule has 504 valence electrons. The molecule has 0 saturated heterocycles. The first-order chi connectivity index (χ1) is 52.3. The first-order valence-electron chi connectivity index (χ1n) is 37.9. The first-order valence-corrected chi connectivity index (χ1v) is 37.9. The summed E-state index contributed by atoms with van der Waals surface area (Å²) in [6.07, 6.45) is 0. The Morgan fingerprint density at radius 2 is 0.561 bits per heavy atom. The van der Waals surface area contributed by atoms with Crippen LogP contribution in [0.3, 0.4) is 0 Å². The fourth-order valence-corrected chi connectivity index (χ4v) is 19.2. The lowest BCUT2D eigenvalue weighted by Gasteiger charge is -2.24. The monoisotopic (exact) mass is 1360 g/mol. The van der Waals surface area contributed by atoms with Crippen LogP contribution in [0.1, 0.15) is 75.3 Å². The van der Waals surface area contributed by atoms with Gasteiger partial charge in [0.2, 0.25) is 0 Å². The maximum Gasteiger partial charge on any atom is 0.0541 e. The smallest absolute Gasteiger partial charge is 0.0541 e. The molecule has 107 heavy (non-hydrogen) atoms. The van der Waals surface area contributed by atoms with Crippen LogP contribution in [0.15, 0.2) is 334 Å². The van der Waals surface area contributed by atoms with E-state index in [1.165, 1.54) is 214 Å². The van der Waals surface area contributed by atoms with E-state index in [-0.39, 0.29) is 10.8 Å². The average Bonchev–Trinajstić information content (AvgIpc) is 1.60. The van der Waals surface area contributed by atoms with E-state index in [0.717, 1.165) is 11.4 Å². The van der Waals surface area contributed by atoms with Gasteiger partial charge in [-0.2, -0.15) is 0 Å². The van der Waals surface area contributed by atoms with Gasteiger partial charge in [-0.1, -0.05) is 260 Å². The molecular weight excluding hydrogens is 1290 g/mol. The second-order valence-corrected chi connectivity index (χ2v) is 31.8. The van der Waals surface area contributed by atoms with Gasteiger partial charge in [-0.3, -0.25) is 0 Å². The van der Waals surface area contributed by atoms with Gasteiger partial charge in [0.25, 0.3) is 0 Å². The third-order valence-electron chi connectivity index (χ3n) is 24.7. The van der Waals surface area contributed by atoms with E-state index in [2.05, 4.69) is 384 Å². The van der Waals surface area contributed by atoms with Crippen LogP contribution in [-0.4, -0.2) is 9.13 Å². The standard InChI is InChI=1S/C105H74N2/c1-62(2)75-49-76(72-41-39-69-46-68(37-38-70(69)47-72)67-36-35-63-21-7-8-22-64(63)45-67)51-78(50-75)89-60-96-103(87-30-13-11-25-82(87)89)93-56-74-42-40-71(48-77(74)58-95(93)105(96,5)6)73-43-44-101-91(54-73)86-29-17-20-34-100(86)107(101)81-53-79(52-80(59-81)106-98-32-18-15-27-84(98)85-28-16-19-33-99(85)106)90-61-97-102(88-31-14-12-26-83(88)90)92-55-65-23-9-10-24-66(65)57-94(92)104(97,3)4/h7-62H,1-6H3. The molecule has 2 aliphatic rings. The number of para-hydroxylation sites is 3. The summed E-state index contributed by atoms with van der Waals surface area (Å²) in [6.45, 7) is 14.4. The van der Waals surface area contributed by atoms with Crippen molar-refractivity contribution in [3.63, 3.8) is 0 Å². The van der Waals surface area contributed by atoms with Crippen LogP contribution in [0.5, 0.6) is 0 Å². The Bertz CT molecular complexity index is 7230. The molecule has 22 rings (SSSR count). The molecule has 2 heterocycles. The number of aromatic nitrogens is 2. The summed E-state index contributed by atoms with van der Waals surface area (Å²) in [5.74, 6) is 0.341. The van der Waals surface area contributed by atoms with Gasteiger partial charge in [-0.25, -0.2) is 0 Å². The van der Waals surface area contributed by atoms with Gasteiger partial charge < -0.3 is 9.13 Å². The highest BCUT2D eigenvalue weighted by atomic mass is 15.0. The zero-order valence-electron chi connectivity index (χ0n) is 60.7. The number of nitrogens with zero attached hydrogens (tertiary/aromatic N) is 2. The van der Waals surface area contributed by atoms with Crippen molar-refractivity contribution in [3.8, 4) is 89.3 Å². The first kappa shape index (κ1) is 61.6. The average molecular weight is 1360 g/mol. The van der Waals surface area contributed by atoms with E-state index in [4.69, 9.17) is 0 Å². The Morgan fingerprint density at radius 1 is 0.215 bits per heavy atom. The van der Waals surface area contributed by atoms with Crippen LogP contribution in [0, 0.1) is 0 Å². The van der Waals surface area contributed by atoms with Gasteiger partial charge in [0.1, 0.15) is 0 Å². The molecule has 0 saturated carbocycles. The predicted molar refractivity (Wildman–Crippen MR) is 457 cm³/mol. The van der Waals surface area contributed by atoms with Gasteiger partial charge in [0.05, 0.1) is 22.1 Å². The molecule has 2 aromatic heterocycles. The zero-order valence-corrected chi connectivity index (χ0v) is 60.7. The molecule has 0 aliphatic heterocycles. The normalized spacial score (nSPS) is 13.6. The van der Waals surface area contributed by atoms with Crippen LogP contribution in [0.25, 0.3) is 198 Å². The largest absolute Gasteiger partial charge is 0.309 e. The van der Waals surface area contributed by atoms with Crippen LogP contribution < -0.4 is 0 Å². The van der Waals surface area contributed by atoms with Crippen molar-refractivity contribution in [2.75, 3.05) is 0 Å². The summed E-state index contributed by atoms with van der Waals surface area (Å²) in [5, 5.41) is 20.1. The molecule has 0 bridgehead atoms. The van der Waals surface area contributed by atoms with E-state index in [9.17, 15) is 0 Å². The van der Waals surface area contributed by atoms with Crippen molar-refractivity contribution in [2.45, 2.75) is 58.3 Å². The highest BCUT2D eigenvalue weighted by Gasteiger charge is 2.40. The molecule has 0 unspecified atom stereocenters. The Hall–Kier alpha value is -12.9. The molecule has 18 aromatic carbocycles. The number of fused-ring (bicyclic) bond motifs is 20. The third-order valence-corrected chi connectivity index (χ3v) is 24.7. The maximum absolute atomic E-state index is 2.55. The fourth-order valence-electron chi connectivity index (χ4n) is 19.2. The Labute approximate surface area is 622 Å². The predicted octanol–water partition coefficient (Wildman–Crippen LogP) is 28.9. The molecule has 0 atom stereocenters. The molecule has 0 radical (unpaired) electrons. The molecule has 2 aliphatic carbocycles. The van der Waals surface area contributed by atoms with Crippen LogP contribution in [0.2, 0.25) is 0 Å². The lowest BCUT2D eigenvalue weighted by molar-refractivity contribution is 0.661. The third kappa shape index (κ3) is 9.25. The van der Waals surface area contributed by atoms with Crippen molar-refractivity contribution < 1.29 is 0 Å². The van der Waals surface area contributed by atoms with Crippen molar-refractivity contribution in [1.82, 2.24) is 9.13 Å². The second kappa shape index (κ2) is 22.8. The van der Waals surface area contributed by atoms with Crippen molar-refractivity contribution >= 4 is 108 Å². The van der Waals surface area contributed by atoms with Gasteiger partial charge in [-0.05, 0) is 292 Å². The lowest BCUT2D eigenvalue weighted by atomic mass is 9.79. The van der Waals surface area contributed by atoms with Crippen molar-refractivity contribution in [3.05, 3.63) is 361 Å². The summed E-state index contributed by atoms with van der Waals surface area (Å²) in [5.41, 5.74) is 30.9. The van der Waals surface area contributed by atoms with E-state index in [1.54, 1.807) is 0 Å². The molecule has 0 amide bonds. The van der Waals surface area contributed by atoms with Crippen molar-refractivity contribution in [2.24, 2.45) is 0 Å². The Morgan fingerprint density at radius 3 is 1.07 bits per heavy atom. The van der Waals surface area contributed by atoms with E-state index >= 15 is 0 Å². The summed E-state index contributed by atoms with van der Waals surface area (Å²) < 4.78 is 5.03. The number of hydrogen-bond acceptors (Lipinski definition) is 0. The van der Waals surface area contributed by atoms with Crippen molar-refractivity contribution in [1.29, 1.82) is 0 Å². The summed E-state index contributed by atoms with van der Waals surface area (Å²) in [6, 6.07) is 127. The van der Waals surface area contributed by atoms with E-state index < -0.39 is 0 Å². The number of rotatable bonds is 8. The molecule has 0 N–H and O–H groups in total. The van der Waals surface area contributed by atoms with Gasteiger partial charge in [0.15, 0.2) is 0 Å². The summed E-state index contributed by atoms with van der Waals surface area (Å²) in [7, 11) is 0. The van der Waals surface area contributed by atoms with E-state index in [1.807, 2.05) is 0 Å². The number of benzene rings is 18. The highest BCUT2D eigenvalue weighted by Crippen LogP contribution is 2.57. The summed E-state index contributed by atoms with van der Waals surface area (Å²) in [4.78, 5) is 0. The topological polar surface area (TPSA) is 9.86 Å². The van der Waals surface area contributed by atoms with Gasteiger partial charge >= 0.3 is 0 Å². The van der Waals surface area contributed by atoms with Gasteiger partial charge in [0, 0.05) is 43.7 Å². The van der Waals surface area contributed by atoms with Gasteiger partial charge in [-0.15, -0.1) is 0 Å². The highest BCUT2D eigenvalue weighted by molar-refractivity contribution is 6.16. The second-order valence-electron chi connectivity index (χ2n) is 31.8. The molecule has 2 heteroatoms. The minimum Gasteiger partial charge on any atom is -0.309 e. The SMILES string of the molecule is CC(C)c1cc(-c2ccc3cc(-c4ccc5ccccc5c4)ccc3c2)cc(-c2cc3c(c4ccccc24)-c2cc4ccc(-c5ccc6c(c5)c5ccccc5n6-c5cc(-c6cc7c(c8ccccc68)-c6cc8ccccc8cc6C7(C)C)cc(-n6c7ccccc7c7ccccc76)c5)cc4cc2C3(C)C)c1. The Balaban J connectivity index is 0.654. The van der Waals surface area contributed by atoms with Crippen LogP contribution in [-0.2, 0) is 10.8 Å². The lowest BCUT2D eigenvalue weighted by Crippen LogP contribution is -2.15. The molecule has 0 fully saturated rings. The minimum absolute atomic E-state index is 0.236. The molecule has 2 nitrogen and oxygen atoms in total. The van der Waals surface area contributed by atoms with Crippen LogP contribution >= 0.6 is 0 Å². The maximum atomic E-state index is 2.55. The Kier molecular flexibility index (Phi) is 13.1. The molecular formula is C105H74N2. The van der Waals surface area contributed by atoms with Crippen LogP contribution in [0.4, 0.5) is 0 Å².